The highest BCUT2D eigenvalue weighted by molar-refractivity contribution is 7.09. The number of hydrogen-bond donors (Lipinski definition) is 1. The van der Waals surface area contributed by atoms with Crippen molar-refractivity contribution in [1.29, 1.82) is 0 Å². The van der Waals surface area contributed by atoms with Gasteiger partial charge in [-0.05, 0) is 11.4 Å². The summed E-state index contributed by atoms with van der Waals surface area (Å²) >= 11 is 1.54. The number of nitrogens with zero attached hydrogens (tertiary/aromatic N) is 3. The molecule has 0 radical (unpaired) electrons. The van der Waals surface area contributed by atoms with Crippen LogP contribution in [0.4, 0.5) is 13.2 Å². The van der Waals surface area contributed by atoms with E-state index in [9.17, 15) is 18.0 Å². The first kappa shape index (κ1) is 13.5. The average Bonchev–Trinajstić information content (AvgIpc) is 2.97. The summed E-state index contributed by atoms with van der Waals surface area (Å²) < 4.78 is 37.4. The maximum atomic E-state index is 12.0. The smallest absolute Gasteiger partial charge is 0.342 e. The topological polar surface area (TPSA) is 59.8 Å². The predicted octanol–water partition coefficient (Wildman–Crippen LogP) is 1.57. The Hall–Kier alpha value is -1.90. The number of carbonyl (C=O) groups excluding carboxylic acids is 1. The molecule has 19 heavy (non-hydrogen) atoms. The van der Waals surface area contributed by atoms with E-state index in [1.54, 1.807) is 16.7 Å². The molecule has 0 unspecified atom stereocenters. The first-order valence-corrected chi connectivity index (χ1v) is 6.09. The number of amides is 1. The molecule has 5 nitrogen and oxygen atoms in total. The maximum Gasteiger partial charge on any atom is 0.471 e. The van der Waals surface area contributed by atoms with Crippen molar-refractivity contribution in [2.24, 2.45) is 0 Å². The molecule has 2 rings (SSSR count). The van der Waals surface area contributed by atoms with Crippen LogP contribution in [0.5, 0.6) is 0 Å². The Labute approximate surface area is 110 Å². The van der Waals surface area contributed by atoms with Gasteiger partial charge in [-0.15, -0.1) is 16.4 Å². The Morgan fingerprint density at radius 1 is 1.47 bits per heavy atom. The standard InChI is InChI=1S/C10H9F3N4OS/c11-10(12,13)9(18)14-4-7-5-17(16-15-7)6-8-2-1-3-19-8/h1-3,5H,4,6H2,(H,14,18). The summed E-state index contributed by atoms with van der Waals surface area (Å²) in [5.41, 5.74) is 0.272. The van der Waals surface area contributed by atoms with Gasteiger partial charge in [0.2, 0.25) is 0 Å². The van der Waals surface area contributed by atoms with Crippen LogP contribution in [0.25, 0.3) is 0 Å². The van der Waals surface area contributed by atoms with Crippen LogP contribution in [0.15, 0.2) is 23.7 Å². The largest absolute Gasteiger partial charge is 0.471 e. The van der Waals surface area contributed by atoms with Gasteiger partial charge < -0.3 is 5.32 Å². The van der Waals surface area contributed by atoms with Crippen LogP contribution < -0.4 is 5.32 Å². The van der Waals surface area contributed by atoms with Crippen LogP contribution in [-0.4, -0.2) is 27.1 Å². The van der Waals surface area contributed by atoms with Crippen LogP contribution in [-0.2, 0) is 17.9 Å². The van der Waals surface area contributed by atoms with Crippen LogP contribution in [0.2, 0.25) is 0 Å². The van der Waals surface area contributed by atoms with Crippen molar-refractivity contribution < 1.29 is 18.0 Å². The van der Waals surface area contributed by atoms with Crippen LogP contribution in [0.3, 0.4) is 0 Å². The molecule has 0 bridgehead atoms. The van der Waals surface area contributed by atoms with E-state index in [1.165, 1.54) is 10.9 Å². The second-order valence-corrected chi connectivity index (χ2v) is 4.70. The number of rotatable bonds is 4. The molecule has 2 aromatic rings. The lowest BCUT2D eigenvalue weighted by molar-refractivity contribution is -0.173. The molecule has 0 spiro atoms. The fourth-order valence-electron chi connectivity index (χ4n) is 1.33. The second-order valence-electron chi connectivity index (χ2n) is 3.67. The number of carbonyl (C=O) groups is 1. The van der Waals surface area contributed by atoms with E-state index in [2.05, 4.69) is 10.3 Å². The van der Waals surface area contributed by atoms with Gasteiger partial charge in [0.15, 0.2) is 0 Å². The molecule has 0 aliphatic heterocycles. The Morgan fingerprint density at radius 3 is 2.89 bits per heavy atom. The number of alkyl halides is 3. The first-order valence-electron chi connectivity index (χ1n) is 5.21. The highest BCUT2D eigenvalue weighted by atomic mass is 32.1. The number of thiophene rings is 1. The van der Waals surface area contributed by atoms with Crippen LogP contribution >= 0.6 is 11.3 Å². The monoisotopic (exact) mass is 290 g/mol. The van der Waals surface area contributed by atoms with Gasteiger partial charge in [-0.1, -0.05) is 11.3 Å². The number of nitrogens with one attached hydrogen (secondary N) is 1. The molecule has 9 heteroatoms. The lowest BCUT2D eigenvalue weighted by Gasteiger charge is -2.05. The van der Waals surface area contributed by atoms with E-state index in [4.69, 9.17) is 0 Å². The number of aromatic nitrogens is 3. The van der Waals surface area contributed by atoms with Crippen molar-refractivity contribution in [2.45, 2.75) is 19.3 Å². The summed E-state index contributed by atoms with van der Waals surface area (Å²) in [6, 6.07) is 3.80. The zero-order valence-electron chi connectivity index (χ0n) is 9.52. The third-order valence-corrected chi connectivity index (χ3v) is 3.03. The predicted molar refractivity (Wildman–Crippen MR) is 61.3 cm³/mol. The molecule has 0 aromatic carbocycles. The van der Waals surface area contributed by atoms with Gasteiger partial charge in [0.1, 0.15) is 5.69 Å². The molecule has 2 aromatic heterocycles. The normalized spacial score (nSPS) is 11.5. The quantitative estimate of drug-likeness (QED) is 0.929. The summed E-state index contributed by atoms with van der Waals surface area (Å²) in [6.45, 7) is 0.195. The van der Waals surface area contributed by atoms with E-state index in [0.29, 0.717) is 6.54 Å². The Morgan fingerprint density at radius 2 is 2.26 bits per heavy atom. The fourth-order valence-corrected chi connectivity index (χ4v) is 2.03. The summed E-state index contributed by atoms with van der Waals surface area (Å²) in [7, 11) is 0. The number of hydrogen-bond acceptors (Lipinski definition) is 4. The van der Waals surface area contributed by atoms with Gasteiger partial charge in [-0.3, -0.25) is 4.79 Å². The van der Waals surface area contributed by atoms with Crippen molar-refractivity contribution in [3.8, 4) is 0 Å². The lowest BCUT2D eigenvalue weighted by Crippen LogP contribution is -2.36. The highest BCUT2D eigenvalue weighted by Gasteiger charge is 2.38. The third-order valence-electron chi connectivity index (χ3n) is 2.17. The zero-order chi connectivity index (χ0) is 13.9. The molecule has 1 amide bonds. The second kappa shape index (κ2) is 5.39. The molecule has 0 saturated heterocycles. The van der Waals surface area contributed by atoms with E-state index < -0.39 is 12.1 Å². The van der Waals surface area contributed by atoms with Gasteiger partial charge in [-0.2, -0.15) is 13.2 Å². The molecule has 2 heterocycles. The molecule has 0 atom stereocenters. The molecule has 0 saturated carbocycles. The molecule has 0 aliphatic carbocycles. The van der Waals surface area contributed by atoms with E-state index >= 15 is 0 Å². The lowest BCUT2D eigenvalue weighted by atomic mass is 10.4. The van der Waals surface area contributed by atoms with Crippen molar-refractivity contribution in [2.75, 3.05) is 0 Å². The van der Waals surface area contributed by atoms with Gasteiger partial charge in [0.25, 0.3) is 0 Å². The summed E-state index contributed by atoms with van der Waals surface area (Å²) in [6.07, 6.45) is -3.39. The number of halogens is 3. The van der Waals surface area contributed by atoms with Crippen molar-refractivity contribution >= 4 is 17.2 Å². The molecule has 1 N–H and O–H groups in total. The maximum absolute atomic E-state index is 12.0. The van der Waals surface area contributed by atoms with Gasteiger partial charge in [-0.25, -0.2) is 4.68 Å². The van der Waals surface area contributed by atoms with Crippen molar-refractivity contribution in [3.63, 3.8) is 0 Å². The Kier molecular flexibility index (Phi) is 3.84. The third kappa shape index (κ3) is 3.78. The molecule has 102 valence electrons. The van der Waals surface area contributed by atoms with E-state index in [0.717, 1.165) is 4.88 Å². The fraction of sp³-hybridized carbons (Fsp3) is 0.300. The van der Waals surface area contributed by atoms with Gasteiger partial charge in [0, 0.05) is 4.88 Å². The molecular formula is C10H9F3N4OS. The molecule has 0 aliphatic rings. The molecule has 0 fully saturated rings. The van der Waals surface area contributed by atoms with Gasteiger partial charge in [0.05, 0.1) is 19.3 Å². The Balaban J connectivity index is 1.89. The first-order chi connectivity index (χ1) is 8.95. The summed E-state index contributed by atoms with van der Waals surface area (Å²) in [5.74, 6) is -1.99. The average molecular weight is 290 g/mol. The van der Waals surface area contributed by atoms with E-state index in [-0.39, 0.29) is 12.2 Å². The van der Waals surface area contributed by atoms with Crippen molar-refractivity contribution in [1.82, 2.24) is 20.3 Å². The van der Waals surface area contributed by atoms with Crippen molar-refractivity contribution in [3.05, 3.63) is 34.3 Å². The van der Waals surface area contributed by atoms with Crippen LogP contribution in [0, 0.1) is 0 Å². The summed E-state index contributed by atoms with van der Waals surface area (Å²) in [4.78, 5) is 11.7. The van der Waals surface area contributed by atoms with E-state index in [1.807, 2.05) is 17.5 Å². The summed E-state index contributed by atoms with van der Waals surface area (Å²) in [5, 5.41) is 11.1. The molecular weight excluding hydrogens is 281 g/mol. The Bertz CT molecular complexity index is 549. The SMILES string of the molecule is O=C(NCc1cn(Cc2cccs2)nn1)C(F)(F)F. The minimum absolute atomic E-state index is 0.272. The van der Waals surface area contributed by atoms with Gasteiger partial charge >= 0.3 is 12.1 Å². The van der Waals surface area contributed by atoms with Crippen LogP contribution in [0.1, 0.15) is 10.6 Å². The zero-order valence-corrected chi connectivity index (χ0v) is 10.3. The minimum Gasteiger partial charge on any atom is -0.342 e. The minimum atomic E-state index is -4.88. The highest BCUT2D eigenvalue weighted by Crippen LogP contribution is 2.14.